The normalized spacial score (nSPS) is 28.6. The Labute approximate surface area is 174 Å². The highest BCUT2D eigenvalue weighted by Crippen LogP contribution is 2.37. The van der Waals surface area contributed by atoms with E-state index in [1.54, 1.807) is 12.1 Å². The third-order valence-electron chi connectivity index (χ3n) is 5.66. The van der Waals surface area contributed by atoms with Gasteiger partial charge in [-0.1, -0.05) is 12.1 Å². The second-order valence-corrected chi connectivity index (χ2v) is 7.70. The molecular weight excluding hydrogens is 390 g/mol. The number of ether oxygens (including phenoxy) is 3. The number of hydrogen-bond donors (Lipinski definition) is 5. The van der Waals surface area contributed by atoms with Crippen molar-refractivity contribution in [2.45, 2.75) is 43.5 Å². The van der Waals surface area contributed by atoms with Crippen LogP contribution in [0.3, 0.4) is 0 Å². The van der Waals surface area contributed by atoms with Gasteiger partial charge >= 0.3 is 0 Å². The van der Waals surface area contributed by atoms with Gasteiger partial charge in [-0.2, -0.15) is 0 Å². The van der Waals surface area contributed by atoms with E-state index in [-0.39, 0.29) is 18.4 Å². The topological polar surface area (TPSA) is 121 Å². The molecule has 2 heterocycles. The van der Waals surface area contributed by atoms with Crippen LogP contribution >= 0.6 is 0 Å². The molecule has 0 radical (unpaired) electrons. The Morgan fingerprint density at radius 3 is 2.57 bits per heavy atom. The maximum absolute atomic E-state index is 10.2. The fourth-order valence-electron chi connectivity index (χ4n) is 3.96. The van der Waals surface area contributed by atoms with E-state index in [1.807, 2.05) is 24.3 Å². The van der Waals surface area contributed by atoms with Gasteiger partial charge in [0.2, 0.25) is 6.29 Å². The summed E-state index contributed by atoms with van der Waals surface area (Å²) in [7, 11) is 1.54. The van der Waals surface area contributed by atoms with Gasteiger partial charge in [-0.15, -0.1) is 0 Å². The molecule has 5 unspecified atom stereocenters. The Balaban J connectivity index is 1.57. The number of nitrogens with one attached hydrogen (secondary N) is 1. The van der Waals surface area contributed by atoms with E-state index in [0.29, 0.717) is 11.5 Å². The number of methoxy groups -OCH3 is 1. The first-order valence-corrected chi connectivity index (χ1v) is 10.0. The van der Waals surface area contributed by atoms with Crippen LogP contribution < -0.4 is 14.8 Å². The number of rotatable bonds is 5. The summed E-state index contributed by atoms with van der Waals surface area (Å²) in [5.74, 6) is 1.14. The van der Waals surface area contributed by atoms with Crippen LogP contribution in [0.4, 0.5) is 0 Å². The Kier molecular flexibility index (Phi) is 6.12. The van der Waals surface area contributed by atoms with Gasteiger partial charge in [-0.05, 0) is 60.3 Å². The summed E-state index contributed by atoms with van der Waals surface area (Å²) < 4.78 is 16.7. The zero-order valence-corrected chi connectivity index (χ0v) is 16.7. The number of aliphatic hydroxyl groups is 3. The number of aromatic hydroxyl groups is 1. The summed E-state index contributed by atoms with van der Waals surface area (Å²) in [5.41, 5.74) is 3.29. The minimum absolute atomic E-state index is 0.0785. The highest BCUT2D eigenvalue weighted by molar-refractivity contribution is 5.50. The van der Waals surface area contributed by atoms with Crippen molar-refractivity contribution < 1.29 is 34.6 Å². The van der Waals surface area contributed by atoms with Gasteiger partial charge in [0.25, 0.3) is 0 Å². The van der Waals surface area contributed by atoms with Crippen molar-refractivity contribution in [3.05, 3.63) is 53.1 Å². The summed E-state index contributed by atoms with van der Waals surface area (Å²) in [4.78, 5) is 0. The monoisotopic (exact) mass is 417 g/mol. The molecule has 0 aromatic heterocycles. The van der Waals surface area contributed by atoms with Crippen LogP contribution in [0.15, 0.2) is 36.4 Å². The third-order valence-corrected chi connectivity index (χ3v) is 5.66. The fourth-order valence-corrected chi connectivity index (χ4v) is 3.96. The lowest BCUT2D eigenvalue weighted by Gasteiger charge is -2.35. The number of hydrogen-bond acceptors (Lipinski definition) is 8. The van der Waals surface area contributed by atoms with Crippen molar-refractivity contribution in [2.24, 2.45) is 0 Å². The molecule has 0 bridgehead atoms. The summed E-state index contributed by atoms with van der Waals surface area (Å²) >= 11 is 0. The zero-order valence-electron chi connectivity index (χ0n) is 16.7. The Bertz CT molecular complexity index is 873. The van der Waals surface area contributed by atoms with Crippen LogP contribution in [-0.4, -0.2) is 65.3 Å². The summed E-state index contributed by atoms with van der Waals surface area (Å²) in [6.07, 6.45) is -3.42. The van der Waals surface area contributed by atoms with Crippen molar-refractivity contribution in [3.63, 3.8) is 0 Å². The quantitative estimate of drug-likeness (QED) is 0.481. The molecule has 2 aliphatic heterocycles. The average Bonchev–Trinajstić information content (AvgIpc) is 2.75. The van der Waals surface area contributed by atoms with Crippen molar-refractivity contribution in [1.29, 1.82) is 0 Å². The fraction of sp³-hybridized carbons (Fsp3) is 0.455. The zero-order chi connectivity index (χ0) is 21.3. The second kappa shape index (κ2) is 8.79. The van der Waals surface area contributed by atoms with Crippen LogP contribution in [0.25, 0.3) is 0 Å². The van der Waals surface area contributed by atoms with E-state index >= 15 is 0 Å². The first kappa shape index (κ1) is 20.9. The Hall–Kier alpha value is -2.36. The molecule has 2 aliphatic rings. The third kappa shape index (κ3) is 4.23. The Morgan fingerprint density at radius 2 is 1.83 bits per heavy atom. The maximum Gasteiger partial charge on any atom is 0.229 e. The highest BCUT2D eigenvalue weighted by atomic mass is 16.7. The summed E-state index contributed by atoms with van der Waals surface area (Å²) in [5, 5.41) is 42.7. The minimum atomic E-state index is -1.38. The molecule has 1 saturated heterocycles. The van der Waals surface area contributed by atoms with Gasteiger partial charge in [-0.3, -0.25) is 0 Å². The number of phenols is 1. The lowest BCUT2D eigenvalue weighted by atomic mass is 9.90. The number of fused-ring (bicyclic) bond motifs is 1. The van der Waals surface area contributed by atoms with Gasteiger partial charge in [0.05, 0.1) is 13.7 Å². The van der Waals surface area contributed by atoms with Crippen molar-refractivity contribution >= 4 is 0 Å². The number of phenolic OH excluding ortho intramolecular Hbond substituents is 1. The molecule has 5 atom stereocenters. The first-order chi connectivity index (χ1) is 14.5. The van der Waals surface area contributed by atoms with Crippen LogP contribution in [-0.2, 0) is 17.6 Å². The van der Waals surface area contributed by atoms with Gasteiger partial charge in [0, 0.05) is 6.04 Å². The summed E-state index contributed by atoms with van der Waals surface area (Å²) in [6.45, 7) is 0.670. The molecule has 5 N–H and O–H groups in total. The Morgan fingerprint density at radius 1 is 1.07 bits per heavy atom. The second-order valence-electron chi connectivity index (χ2n) is 7.70. The van der Waals surface area contributed by atoms with Crippen LogP contribution in [0.2, 0.25) is 0 Å². The summed E-state index contributed by atoms with van der Waals surface area (Å²) in [6, 6.07) is 11.0. The van der Waals surface area contributed by atoms with E-state index in [4.69, 9.17) is 14.2 Å². The molecule has 8 nitrogen and oxygen atoms in total. The molecule has 4 rings (SSSR count). The molecule has 0 saturated carbocycles. The van der Waals surface area contributed by atoms with Crippen molar-refractivity contribution in [3.8, 4) is 17.2 Å². The minimum Gasteiger partial charge on any atom is -0.508 e. The van der Waals surface area contributed by atoms with E-state index in [2.05, 4.69) is 5.32 Å². The molecule has 0 amide bonds. The van der Waals surface area contributed by atoms with Gasteiger partial charge in [0.1, 0.15) is 24.1 Å². The van der Waals surface area contributed by atoms with E-state index < -0.39 is 24.6 Å². The predicted octanol–water partition coefficient (Wildman–Crippen LogP) is 0.648. The molecule has 1 fully saturated rings. The van der Waals surface area contributed by atoms with Crippen molar-refractivity contribution in [1.82, 2.24) is 5.32 Å². The highest BCUT2D eigenvalue weighted by Gasteiger charge is 2.39. The number of benzene rings is 2. The average molecular weight is 417 g/mol. The lowest BCUT2D eigenvalue weighted by Crippen LogP contribution is -2.54. The van der Waals surface area contributed by atoms with E-state index in [0.717, 1.165) is 36.1 Å². The smallest absolute Gasteiger partial charge is 0.229 e. The van der Waals surface area contributed by atoms with Gasteiger partial charge < -0.3 is 40.0 Å². The van der Waals surface area contributed by atoms with Crippen LogP contribution in [0, 0.1) is 0 Å². The molecule has 8 heteroatoms. The number of aliphatic hydroxyl groups excluding tert-OH is 3. The predicted molar refractivity (Wildman–Crippen MR) is 108 cm³/mol. The largest absolute Gasteiger partial charge is 0.508 e. The molecule has 2 aromatic rings. The van der Waals surface area contributed by atoms with Gasteiger partial charge in [-0.25, -0.2) is 0 Å². The molecule has 2 aromatic carbocycles. The van der Waals surface area contributed by atoms with E-state index in [9.17, 15) is 20.4 Å². The first-order valence-electron chi connectivity index (χ1n) is 10.0. The lowest BCUT2D eigenvalue weighted by molar-refractivity contribution is -0.242. The SMILES string of the molecule is COc1cc2c(cc1OC1OCC(O)C(O)C1O)CCNC2Cc1ccc(O)cc1. The standard InChI is InChI=1S/C22H27NO7/c1-28-18-10-15-13(6-7-23-16(15)8-12-2-4-14(24)5-3-12)9-19(18)30-22-21(27)20(26)17(25)11-29-22/h2-5,9-10,16-17,20-27H,6-8,11H2,1H3. The van der Waals surface area contributed by atoms with Gasteiger partial charge in [0.15, 0.2) is 11.5 Å². The molecular formula is C22H27NO7. The molecule has 162 valence electrons. The molecule has 30 heavy (non-hydrogen) atoms. The maximum atomic E-state index is 10.2. The van der Waals surface area contributed by atoms with Crippen LogP contribution in [0.1, 0.15) is 22.7 Å². The van der Waals surface area contributed by atoms with Crippen molar-refractivity contribution in [2.75, 3.05) is 20.3 Å². The molecule has 0 spiro atoms. The van der Waals surface area contributed by atoms with Crippen LogP contribution in [0.5, 0.6) is 17.2 Å². The molecule has 0 aliphatic carbocycles. The van der Waals surface area contributed by atoms with E-state index in [1.165, 1.54) is 7.11 Å².